The predicted octanol–water partition coefficient (Wildman–Crippen LogP) is 3.54. The van der Waals surface area contributed by atoms with E-state index in [1.54, 1.807) is 24.8 Å². The van der Waals surface area contributed by atoms with E-state index in [0.717, 1.165) is 29.7 Å². The Morgan fingerprint density at radius 1 is 1.04 bits per heavy atom. The molecule has 0 aliphatic carbocycles. The molecule has 4 aromatic rings. The maximum atomic E-state index is 12.4. The van der Waals surface area contributed by atoms with E-state index in [1.165, 1.54) is 10.9 Å². The molecule has 0 aliphatic heterocycles. The number of carbonyl (C=O) groups is 1. The first-order valence-electron chi connectivity index (χ1n) is 9.20. The molecule has 0 unspecified atom stereocenters. The van der Waals surface area contributed by atoms with Crippen LogP contribution in [-0.4, -0.2) is 27.4 Å². The highest BCUT2D eigenvalue weighted by atomic mass is 16.1. The van der Waals surface area contributed by atoms with Crippen molar-refractivity contribution in [2.75, 3.05) is 11.9 Å². The number of hydrogen-bond donors (Lipinski definition) is 3. The lowest BCUT2D eigenvalue weighted by molar-refractivity contribution is 0.0950. The molecule has 4 rings (SSSR count). The monoisotopic (exact) mass is 371 g/mol. The fraction of sp³-hybridized carbons (Fsp3) is 0.136. The van der Waals surface area contributed by atoms with E-state index in [2.05, 4.69) is 37.7 Å². The predicted molar refractivity (Wildman–Crippen MR) is 110 cm³/mol. The van der Waals surface area contributed by atoms with Crippen molar-refractivity contribution >= 4 is 22.5 Å². The van der Waals surface area contributed by atoms with Gasteiger partial charge in [-0.15, -0.1) is 0 Å². The van der Waals surface area contributed by atoms with Crippen LogP contribution in [0.15, 0.2) is 73.4 Å². The van der Waals surface area contributed by atoms with Crippen LogP contribution in [-0.2, 0) is 13.0 Å². The molecular weight excluding hydrogens is 350 g/mol. The van der Waals surface area contributed by atoms with Crippen LogP contribution in [0.25, 0.3) is 10.9 Å². The Kier molecular flexibility index (Phi) is 5.29. The molecule has 28 heavy (non-hydrogen) atoms. The largest absolute Gasteiger partial charge is 0.383 e. The van der Waals surface area contributed by atoms with Crippen LogP contribution in [0.3, 0.4) is 0 Å². The van der Waals surface area contributed by atoms with Crippen molar-refractivity contribution in [2.24, 2.45) is 0 Å². The number of aromatic nitrogens is 3. The minimum Gasteiger partial charge on any atom is -0.383 e. The van der Waals surface area contributed by atoms with E-state index >= 15 is 0 Å². The van der Waals surface area contributed by atoms with E-state index in [-0.39, 0.29) is 5.91 Å². The second-order valence-electron chi connectivity index (χ2n) is 6.54. The van der Waals surface area contributed by atoms with Gasteiger partial charge in [-0.05, 0) is 41.8 Å². The van der Waals surface area contributed by atoms with Crippen LogP contribution in [0.5, 0.6) is 0 Å². The standard InChI is InChI=1S/C22H21N5O/c28-22(27-12-16-5-8-23-9-6-16)18-11-19(15-24-13-18)25-10-7-17-14-26-21-4-2-1-3-20(17)21/h1-6,8-9,11,13-15,25-26H,7,10,12H2,(H,27,28). The van der Waals surface area contributed by atoms with Crippen molar-refractivity contribution < 1.29 is 4.79 Å². The van der Waals surface area contributed by atoms with E-state index in [1.807, 2.05) is 36.5 Å². The van der Waals surface area contributed by atoms with E-state index in [9.17, 15) is 4.79 Å². The van der Waals surface area contributed by atoms with Gasteiger partial charge in [0.15, 0.2) is 0 Å². The summed E-state index contributed by atoms with van der Waals surface area (Å²) in [7, 11) is 0. The number of nitrogens with zero attached hydrogens (tertiary/aromatic N) is 2. The fourth-order valence-corrected chi connectivity index (χ4v) is 3.13. The van der Waals surface area contributed by atoms with Gasteiger partial charge in [0.1, 0.15) is 0 Å². The maximum Gasteiger partial charge on any atom is 0.253 e. The molecular formula is C22H21N5O. The molecule has 3 heterocycles. The van der Waals surface area contributed by atoms with Gasteiger partial charge < -0.3 is 15.6 Å². The quantitative estimate of drug-likeness (QED) is 0.464. The number of fused-ring (bicyclic) bond motifs is 1. The molecule has 0 spiro atoms. The Morgan fingerprint density at radius 3 is 2.79 bits per heavy atom. The Morgan fingerprint density at radius 2 is 1.89 bits per heavy atom. The van der Waals surface area contributed by atoms with Gasteiger partial charge in [-0.3, -0.25) is 14.8 Å². The number of anilines is 1. The molecule has 1 amide bonds. The molecule has 0 atom stereocenters. The second kappa shape index (κ2) is 8.35. The van der Waals surface area contributed by atoms with Gasteiger partial charge in [-0.2, -0.15) is 0 Å². The number of amides is 1. The molecule has 0 bridgehead atoms. The summed E-state index contributed by atoms with van der Waals surface area (Å²) in [5, 5.41) is 7.50. The van der Waals surface area contributed by atoms with Gasteiger partial charge >= 0.3 is 0 Å². The van der Waals surface area contributed by atoms with Crippen molar-refractivity contribution in [2.45, 2.75) is 13.0 Å². The summed E-state index contributed by atoms with van der Waals surface area (Å²) < 4.78 is 0. The second-order valence-corrected chi connectivity index (χ2v) is 6.54. The van der Waals surface area contributed by atoms with Crippen molar-refractivity contribution in [3.05, 3.63) is 90.1 Å². The Labute approximate surface area is 163 Å². The van der Waals surface area contributed by atoms with Gasteiger partial charge in [0.2, 0.25) is 0 Å². The number of H-pyrrole nitrogens is 1. The minimum atomic E-state index is -0.149. The number of benzene rings is 1. The fourth-order valence-electron chi connectivity index (χ4n) is 3.13. The zero-order chi connectivity index (χ0) is 19.2. The highest BCUT2D eigenvalue weighted by molar-refractivity contribution is 5.94. The lowest BCUT2D eigenvalue weighted by atomic mass is 10.1. The third-order valence-corrected chi connectivity index (χ3v) is 4.60. The van der Waals surface area contributed by atoms with Crippen molar-refractivity contribution in [1.82, 2.24) is 20.3 Å². The molecule has 1 aromatic carbocycles. The zero-order valence-electron chi connectivity index (χ0n) is 15.4. The van der Waals surface area contributed by atoms with Gasteiger partial charge in [0.25, 0.3) is 5.91 Å². The Bertz CT molecular complexity index is 1070. The molecule has 0 radical (unpaired) electrons. The first-order valence-corrected chi connectivity index (χ1v) is 9.20. The summed E-state index contributed by atoms with van der Waals surface area (Å²) >= 11 is 0. The molecule has 0 aliphatic rings. The van der Waals surface area contributed by atoms with E-state index in [4.69, 9.17) is 0 Å². The molecule has 0 saturated heterocycles. The smallest absolute Gasteiger partial charge is 0.253 e. The maximum absolute atomic E-state index is 12.4. The van der Waals surface area contributed by atoms with E-state index < -0.39 is 0 Å². The molecule has 6 nitrogen and oxygen atoms in total. The molecule has 6 heteroatoms. The summed E-state index contributed by atoms with van der Waals surface area (Å²) in [6.45, 7) is 1.21. The summed E-state index contributed by atoms with van der Waals surface area (Å²) in [5.74, 6) is -0.149. The SMILES string of the molecule is O=C(NCc1ccncc1)c1cncc(NCCc2c[nH]c3ccccc23)c1. The molecule has 3 aromatic heterocycles. The molecule has 140 valence electrons. The first kappa shape index (κ1) is 17.7. The number of para-hydroxylation sites is 1. The van der Waals surface area contributed by atoms with Crippen molar-refractivity contribution in [1.29, 1.82) is 0 Å². The average Bonchev–Trinajstić information content (AvgIpc) is 3.16. The van der Waals surface area contributed by atoms with Crippen LogP contribution < -0.4 is 10.6 Å². The number of nitrogens with one attached hydrogen (secondary N) is 3. The first-order chi connectivity index (χ1) is 13.8. The van der Waals surface area contributed by atoms with Crippen LogP contribution in [0, 0.1) is 0 Å². The topological polar surface area (TPSA) is 82.7 Å². The molecule has 0 saturated carbocycles. The van der Waals surface area contributed by atoms with Gasteiger partial charge in [-0.25, -0.2) is 0 Å². The minimum absolute atomic E-state index is 0.149. The number of pyridine rings is 2. The number of rotatable bonds is 7. The number of carbonyl (C=O) groups excluding carboxylic acids is 1. The molecule has 0 fully saturated rings. The summed E-state index contributed by atoms with van der Waals surface area (Å²) in [6.07, 6.45) is 9.65. The highest BCUT2D eigenvalue weighted by Crippen LogP contribution is 2.18. The van der Waals surface area contributed by atoms with Crippen molar-refractivity contribution in [3.63, 3.8) is 0 Å². The Hall–Kier alpha value is -3.67. The Balaban J connectivity index is 1.33. The lowest BCUT2D eigenvalue weighted by Gasteiger charge is -2.09. The highest BCUT2D eigenvalue weighted by Gasteiger charge is 2.07. The normalized spacial score (nSPS) is 10.7. The third kappa shape index (κ3) is 4.17. The van der Waals surface area contributed by atoms with E-state index in [0.29, 0.717) is 12.1 Å². The lowest BCUT2D eigenvalue weighted by Crippen LogP contribution is -2.23. The van der Waals surface area contributed by atoms with Crippen LogP contribution in [0.4, 0.5) is 5.69 Å². The van der Waals surface area contributed by atoms with Gasteiger partial charge in [0, 0.05) is 55.0 Å². The number of hydrogen-bond acceptors (Lipinski definition) is 4. The zero-order valence-corrected chi connectivity index (χ0v) is 15.4. The summed E-state index contributed by atoms with van der Waals surface area (Å²) in [6, 6.07) is 13.8. The van der Waals surface area contributed by atoms with Crippen LogP contribution in [0.2, 0.25) is 0 Å². The molecule has 3 N–H and O–H groups in total. The van der Waals surface area contributed by atoms with Crippen LogP contribution >= 0.6 is 0 Å². The van der Waals surface area contributed by atoms with Crippen molar-refractivity contribution in [3.8, 4) is 0 Å². The average molecular weight is 371 g/mol. The summed E-state index contributed by atoms with van der Waals surface area (Å²) in [5.41, 5.74) is 4.78. The van der Waals surface area contributed by atoms with Crippen LogP contribution in [0.1, 0.15) is 21.5 Å². The van der Waals surface area contributed by atoms with Gasteiger partial charge in [-0.1, -0.05) is 18.2 Å². The third-order valence-electron chi connectivity index (χ3n) is 4.60. The summed E-state index contributed by atoms with van der Waals surface area (Å²) in [4.78, 5) is 23.8. The van der Waals surface area contributed by atoms with Gasteiger partial charge in [0.05, 0.1) is 11.3 Å². The number of aromatic amines is 1.